The summed E-state index contributed by atoms with van der Waals surface area (Å²) in [5.74, 6) is -0.449. The van der Waals surface area contributed by atoms with Crippen LogP contribution >= 0.6 is 0 Å². The molecule has 1 aromatic rings. The third-order valence-corrected chi connectivity index (χ3v) is 2.32. The van der Waals surface area contributed by atoms with Gasteiger partial charge in [-0.3, -0.25) is 4.79 Å². The summed E-state index contributed by atoms with van der Waals surface area (Å²) < 4.78 is 4.92. The first kappa shape index (κ1) is 12.2. The van der Waals surface area contributed by atoms with Crippen LogP contribution in [0.4, 0.5) is 0 Å². The molecule has 3 nitrogen and oxygen atoms in total. The number of aryl methyl sites for hydroxylation is 2. The number of hydrogen-bond donors (Lipinski definition) is 0. The zero-order valence-corrected chi connectivity index (χ0v) is 9.45. The summed E-state index contributed by atoms with van der Waals surface area (Å²) in [4.78, 5) is 21.7. The molecule has 0 saturated heterocycles. The molecule has 16 heavy (non-hydrogen) atoms. The fraction of sp³-hybridized carbons (Fsp3) is 0.231. The molecule has 1 aromatic carbocycles. The van der Waals surface area contributed by atoms with E-state index in [1.165, 1.54) is 0 Å². The molecule has 0 aliphatic heterocycles. The summed E-state index contributed by atoms with van der Waals surface area (Å²) in [5.41, 5.74) is 3.34. The van der Waals surface area contributed by atoms with Crippen molar-refractivity contribution in [3.8, 4) is 0 Å². The molecule has 0 radical (unpaired) electrons. The van der Waals surface area contributed by atoms with Gasteiger partial charge in [-0.15, -0.1) is 0 Å². The SMILES string of the molecule is C=CC(=O)OCc1cc(C)c(C=O)c(C)c1. The highest BCUT2D eigenvalue weighted by atomic mass is 16.5. The van der Waals surface area contributed by atoms with Crippen LogP contribution in [0.3, 0.4) is 0 Å². The average molecular weight is 218 g/mol. The van der Waals surface area contributed by atoms with Crippen molar-refractivity contribution < 1.29 is 14.3 Å². The zero-order chi connectivity index (χ0) is 12.1. The fourth-order valence-electron chi connectivity index (χ4n) is 1.55. The second kappa shape index (κ2) is 5.26. The number of hydrogen-bond acceptors (Lipinski definition) is 3. The molecule has 1 rings (SSSR count). The van der Waals surface area contributed by atoms with Gasteiger partial charge in [0.05, 0.1) is 0 Å². The monoisotopic (exact) mass is 218 g/mol. The number of aldehydes is 1. The van der Waals surface area contributed by atoms with Crippen LogP contribution in [-0.4, -0.2) is 12.3 Å². The maximum Gasteiger partial charge on any atom is 0.330 e. The summed E-state index contributed by atoms with van der Waals surface area (Å²) in [5, 5.41) is 0. The maximum atomic E-state index is 10.9. The van der Waals surface area contributed by atoms with E-state index in [-0.39, 0.29) is 6.61 Å². The van der Waals surface area contributed by atoms with Gasteiger partial charge in [0, 0.05) is 11.6 Å². The maximum absolute atomic E-state index is 10.9. The Morgan fingerprint density at radius 1 is 1.38 bits per heavy atom. The second-order valence-electron chi connectivity index (χ2n) is 3.57. The van der Waals surface area contributed by atoms with Gasteiger partial charge in [0.2, 0.25) is 0 Å². The van der Waals surface area contributed by atoms with Crippen molar-refractivity contribution >= 4 is 12.3 Å². The van der Waals surface area contributed by atoms with Gasteiger partial charge in [0.15, 0.2) is 6.29 Å². The van der Waals surface area contributed by atoms with E-state index < -0.39 is 5.97 Å². The molecular weight excluding hydrogens is 204 g/mol. The van der Waals surface area contributed by atoms with Gasteiger partial charge in [-0.25, -0.2) is 4.79 Å². The highest BCUT2D eigenvalue weighted by molar-refractivity contribution is 5.81. The Balaban J connectivity index is 2.87. The lowest BCUT2D eigenvalue weighted by Gasteiger charge is -2.08. The Hall–Kier alpha value is -1.90. The molecule has 0 aromatic heterocycles. The van der Waals surface area contributed by atoms with Crippen LogP contribution in [-0.2, 0) is 16.1 Å². The van der Waals surface area contributed by atoms with Crippen molar-refractivity contribution in [3.63, 3.8) is 0 Å². The summed E-state index contributed by atoms with van der Waals surface area (Å²) in [6.07, 6.45) is 1.96. The number of rotatable bonds is 4. The van der Waals surface area contributed by atoms with Crippen molar-refractivity contribution in [1.29, 1.82) is 0 Å². The van der Waals surface area contributed by atoms with Crippen LogP contribution in [0.15, 0.2) is 24.8 Å². The predicted molar refractivity (Wildman–Crippen MR) is 61.3 cm³/mol. The second-order valence-corrected chi connectivity index (χ2v) is 3.57. The molecule has 0 aliphatic carbocycles. The van der Waals surface area contributed by atoms with Crippen LogP contribution in [0.5, 0.6) is 0 Å². The van der Waals surface area contributed by atoms with Crippen LogP contribution in [0.2, 0.25) is 0 Å². The molecule has 0 unspecified atom stereocenters. The van der Waals surface area contributed by atoms with E-state index in [1.54, 1.807) is 0 Å². The Morgan fingerprint density at radius 2 is 1.94 bits per heavy atom. The summed E-state index contributed by atoms with van der Waals surface area (Å²) in [7, 11) is 0. The molecule has 0 saturated carbocycles. The first-order valence-corrected chi connectivity index (χ1v) is 4.93. The minimum absolute atomic E-state index is 0.200. The van der Waals surface area contributed by atoms with E-state index in [9.17, 15) is 9.59 Å². The van der Waals surface area contributed by atoms with E-state index in [1.807, 2.05) is 26.0 Å². The summed E-state index contributed by atoms with van der Waals surface area (Å²) in [6.45, 7) is 7.23. The summed E-state index contributed by atoms with van der Waals surface area (Å²) in [6, 6.07) is 3.68. The van der Waals surface area contributed by atoms with Crippen molar-refractivity contribution in [2.24, 2.45) is 0 Å². The molecule has 3 heteroatoms. The van der Waals surface area contributed by atoms with E-state index in [2.05, 4.69) is 6.58 Å². The fourth-order valence-corrected chi connectivity index (χ4v) is 1.55. The minimum Gasteiger partial charge on any atom is -0.458 e. The molecular formula is C13H14O3. The van der Waals surface area contributed by atoms with Gasteiger partial charge in [-0.05, 0) is 30.5 Å². The molecule has 0 fully saturated rings. The Morgan fingerprint density at radius 3 is 2.38 bits per heavy atom. The van der Waals surface area contributed by atoms with E-state index >= 15 is 0 Å². The molecule has 0 spiro atoms. The lowest BCUT2D eigenvalue weighted by Crippen LogP contribution is -2.02. The minimum atomic E-state index is -0.449. The van der Waals surface area contributed by atoms with Gasteiger partial charge < -0.3 is 4.74 Å². The van der Waals surface area contributed by atoms with Crippen LogP contribution in [0, 0.1) is 13.8 Å². The molecule has 0 heterocycles. The largest absolute Gasteiger partial charge is 0.458 e. The van der Waals surface area contributed by atoms with E-state index in [0.717, 1.165) is 29.1 Å². The topological polar surface area (TPSA) is 43.4 Å². The Bertz CT molecular complexity index is 410. The van der Waals surface area contributed by atoms with Crippen molar-refractivity contribution in [1.82, 2.24) is 0 Å². The molecule has 84 valence electrons. The van der Waals surface area contributed by atoms with E-state index in [0.29, 0.717) is 5.56 Å². The number of benzene rings is 1. The van der Waals surface area contributed by atoms with Crippen molar-refractivity contribution in [2.75, 3.05) is 0 Å². The van der Waals surface area contributed by atoms with Gasteiger partial charge >= 0.3 is 5.97 Å². The first-order valence-electron chi connectivity index (χ1n) is 4.93. The molecule has 0 atom stereocenters. The Kier molecular flexibility index (Phi) is 4.00. The van der Waals surface area contributed by atoms with Crippen LogP contribution < -0.4 is 0 Å². The van der Waals surface area contributed by atoms with Crippen LogP contribution in [0.1, 0.15) is 27.0 Å². The third kappa shape index (κ3) is 2.79. The van der Waals surface area contributed by atoms with E-state index in [4.69, 9.17) is 4.74 Å². The number of carbonyl (C=O) groups excluding carboxylic acids is 2. The predicted octanol–water partition coefficient (Wildman–Crippen LogP) is 2.35. The molecule has 0 aliphatic rings. The number of esters is 1. The van der Waals surface area contributed by atoms with Gasteiger partial charge in [0.25, 0.3) is 0 Å². The van der Waals surface area contributed by atoms with Gasteiger partial charge in [-0.1, -0.05) is 18.7 Å². The lowest BCUT2D eigenvalue weighted by atomic mass is 10.0. The highest BCUT2D eigenvalue weighted by Crippen LogP contribution is 2.15. The van der Waals surface area contributed by atoms with Crippen molar-refractivity contribution in [3.05, 3.63) is 47.0 Å². The molecule has 0 N–H and O–H groups in total. The molecule has 0 amide bonds. The van der Waals surface area contributed by atoms with Gasteiger partial charge in [0.1, 0.15) is 6.61 Å². The van der Waals surface area contributed by atoms with Crippen LogP contribution in [0.25, 0.3) is 0 Å². The smallest absolute Gasteiger partial charge is 0.330 e. The normalized spacial score (nSPS) is 9.62. The van der Waals surface area contributed by atoms with Crippen molar-refractivity contribution in [2.45, 2.75) is 20.5 Å². The number of carbonyl (C=O) groups is 2. The van der Waals surface area contributed by atoms with Gasteiger partial charge in [-0.2, -0.15) is 0 Å². The third-order valence-electron chi connectivity index (χ3n) is 2.32. The quantitative estimate of drug-likeness (QED) is 0.442. The zero-order valence-electron chi connectivity index (χ0n) is 9.45. The number of ether oxygens (including phenoxy) is 1. The summed E-state index contributed by atoms with van der Waals surface area (Å²) >= 11 is 0. The standard InChI is InChI=1S/C13H14O3/c1-4-13(15)16-8-11-5-9(2)12(7-14)10(3)6-11/h4-7H,1,8H2,2-3H3. The average Bonchev–Trinajstić information content (AvgIpc) is 2.25. The first-order chi connectivity index (χ1) is 7.58. The highest BCUT2D eigenvalue weighted by Gasteiger charge is 2.05. The Labute approximate surface area is 94.7 Å². The molecule has 0 bridgehead atoms. The lowest BCUT2D eigenvalue weighted by molar-refractivity contribution is -0.138.